The number of rotatable bonds is 11. The Hall–Kier alpha value is -3.36. The fraction of sp³-hybridized carbons (Fsp3) is 0.333. The largest absolute Gasteiger partial charge is 0.352 e. The van der Waals surface area contributed by atoms with Gasteiger partial charge < -0.3 is 10.2 Å². The van der Waals surface area contributed by atoms with Crippen LogP contribution in [0.4, 0.5) is 5.69 Å². The quantitative estimate of drug-likeness (QED) is 0.356. The number of amides is 2. The van der Waals surface area contributed by atoms with Gasteiger partial charge in [-0.05, 0) is 68.1 Å². The van der Waals surface area contributed by atoms with Gasteiger partial charge >= 0.3 is 0 Å². The first kappa shape index (κ1) is 30.2. The molecule has 0 radical (unpaired) electrons. The summed E-state index contributed by atoms with van der Waals surface area (Å²) in [5.74, 6) is -0.817. The molecule has 7 nitrogen and oxygen atoms in total. The predicted molar refractivity (Wildman–Crippen MR) is 157 cm³/mol. The van der Waals surface area contributed by atoms with Crippen molar-refractivity contribution in [3.63, 3.8) is 0 Å². The van der Waals surface area contributed by atoms with Crippen molar-refractivity contribution in [2.75, 3.05) is 17.1 Å². The van der Waals surface area contributed by atoms with Crippen LogP contribution in [-0.2, 0) is 32.6 Å². The number of carbonyl (C=O) groups is 2. The number of nitrogens with zero attached hydrogens (tertiary/aromatic N) is 2. The van der Waals surface area contributed by atoms with E-state index in [0.29, 0.717) is 10.7 Å². The van der Waals surface area contributed by atoms with Gasteiger partial charge in [-0.1, -0.05) is 66.2 Å². The van der Waals surface area contributed by atoms with E-state index >= 15 is 0 Å². The van der Waals surface area contributed by atoms with Crippen LogP contribution in [0.25, 0.3) is 0 Å². The Morgan fingerprint density at radius 2 is 1.59 bits per heavy atom. The van der Waals surface area contributed by atoms with Crippen LogP contribution >= 0.6 is 11.6 Å². The van der Waals surface area contributed by atoms with Crippen molar-refractivity contribution in [1.29, 1.82) is 0 Å². The van der Waals surface area contributed by atoms with Gasteiger partial charge in [-0.3, -0.25) is 13.9 Å². The van der Waals surface area contributed by atoms with E-state index in [0.717, 1.165) is 32.8 Å². The van der Waals surface area contributed by atoms with Gasteiger partial charge in [-0.15, -0.1) is 0 Å². The van der Waals surface area contributed by atoms with E-state index in [1.807, 2.05) is 69.3 Å². The lowest BCUT2D eigenvalue weighted by Gasteiger charge is -2.34. The SMILES string of the molecule is Cc1ccc(C)c(N(CC(=O)N(Cc2cccc(Cl)c2)C(Cc2ccccc2)C(=O)NC(C)C)S(C)(=O)=O)c1. The molecule has 3 aromatic carbocycles. The first-order valence-corrected chi connectivity index (χ1v) is 15.0. The molecule has 0 saturated carbocycles. The summed E-state index contributed by atoms with van der Waals surface area (Å²) >= 11 is 6.23. The highest BCUT2D eigenvalue weighted by Gasteiger charge is 2.33. The van der Waals surface area contributed by atoms with E-state index in [4.69, 9.17) is 11.6 Å². The van der Waals surface area contributed by atoms with Gasteiger partial charge in [0.15, 0.2) is 0 Å². The molecular weight excluding hydrogens is 534 g/mol. The molecule has 1 unspecified atom stereocenters. The molecule has 9 heteroatoms. The van der Waals surface area contributed by atoms with Crippen molar-refractivity contribution >= 4 is 39.1 Å². The topological polar surface area (TPSA) is 86.8 Å². The van der Waals surface area contributed by atoms with E-state index in [9.17, 15) is 18.0 Å². The number of hydrogen-bond donors (Lipinski definition) is 1. The summed E-state index contributed by atoms with van der Waals surface area (Å²) in [5, 5.41) is 3.44. The zero-order chi connectivity index (χ0) is 28.7. The minimum absolute atomic E-state index is 0.0762. The number of aryl methyl sites for hydroxylation is 2. The predicted octanol–water partition coefficient (Wildman–Crippen LogP) is 4.89. The van der Waals surface area contributed by atoms with Crippen molar-refractivity contribution in [3.8, 4) is 0 Å². The molecule has 1 atom stereocenters. The third kappa shape index (κ3) is 8.57. The van der Waals surface area contributed by atoms with Crippen molar-refractivity contribution in [1.82, 2.24) is 10.2 Å². The molecule has 0 aromatic heterocycles. The van der Waals surface area contributed by atoms with Crippen molar-refractivity contribution < 1.29 is 18.0 Å². The summed E-state index contributed by atoms with van der Waals surface area (Å²) in [6.07, 6.45) is 1.34. The van der Waals surface area contributed by atoms with E-state index in [-0.39, 0.29) is 24.9 Å². The van der Waals surface area contributed by atoms with Gasteiger partial charge in [-0.2, -0.15) is 0 Å². The van der Waals surface area contributed by atoms with E-state index in [1.165, 1.54) is 4.90 Å². The Kier molecular flexibility index (Phi) is 10.2. The number of nitrogens with one attached hydrogen (secondary N) is 1. The second-order valence-electron chi connectivity index (χ2n) is 10.1. The van der Waals surface area contributed by atoms with Crippen LogP contribution in [0.1, 0.15) is 36.1 Å². The van der Waals surface area contributed by atoms with Crippen molar-refractivity contribution in [2.24, 2.45) is 0 Å². The van der Waals surface area contributed by atoms with Crippen LogP contribution in [0.15, 0.2) is 72.8 Å². The summed E-state index contributed by atoms with van der Waals surface area (Å²) in [7, 11) is -3.83. The molecule has 3 rings (SSSR count). The maximum Gasteiger partial charge on any atom is 0.244 e. The Bertz CT molecular complexity index is 1410. The number of benzene rings is 3. The van der Waals surface area contributed by atoms with Crippen LogP contribution in [0.3, 0.4) is 0 Å². The van der Waals surface area contributed by atoms with Gasteiger partial charge in [0.05, 0.1) is 11.9 Å². The first-order valence-electron chi connectivity index (χ1n) is 12.8. The monoisotopic (exact) mass is 569 g/mol. The van der Waals surface area contributed by atoms with Crippen LogP contribution in [0.2, 0.25) is 5.02 Å². The van der Waals surface area contributed by atoms with Crippen molar-refractivity contribution in [3.05, 3.63) is 100 Å². The van der Waals surface area contributed by atoms with Crippen molar-refractivity contribution in [2.45, 2.75) is 52.7 Å². The second kappa shape index (κ2) is 13.1. The Labute approximate surface area is 236 Å². The fourth-order valence-corrected chi connectivity index (χ4v) is 5.46. The minimum atomic E-state index is -3.83. The minimum Gasteiger partial charge on any atom is -0.352 e. The molecule has 3 aromatic rings. The summed E-state index contributed by atoms with van der Waals surface area (Å²) in [4.78, 5) is 29.1. The normalized spacial score (nSPS) is 12.2. The van der Waals surface area contributed by atoms with Gasteiger partial charge in [0.2, 0.25) is 21.8 Å². The van der Waals surface area contributed by atoms with E-state index in [1.54, 1.807) is 31.2 Å². The molecular formula is C30H36ClN3O4S. The summed E-state index contributed by atoms with van der Waals surface area (Å²) in [6, 6.07) is 20.9. The lowest BCUT2D eigenvalue weighted by atomic mass is 10.0. The molecule has 0 aliphatic heterocycles. The van der Waals surface area contributed by atoms with Crippen LogP contribution in [0, 0.1) is 13.8 Å². The Morgan fingerprint density at radius 1 is 0.923 bits per heavy atom. The molecule has 208 valence electrons. The van der Waals surface area contributed by atoms with E-state index in [2.05, 4.69) is 5.32 Å². The van der Waals surface area contributed by atoms with Crippen LogP contribution in [0.5, 0.6) is 0 Å². The second-order valence-corrected chi connectivity index (χ2v) is 12.4. The number of sulfonamides is 1. The average molecular weight is 570 g/mol. The molecule has 39 heavy (non-hydrogen) atoms. The van der Waals surface area contributed by atoms with Gasteiger partial charge in [0, 0.05) is 24.0 Å². The fourth-order valence-electron chi connectivity index (χ4n) is 4.35. The number of halogens is 1. The smallest absolute Gasteiger partial charge is 0.244 e. The molecule has 0 aliphatic carbocycles. The molecule has 0 aliphatic rings. The number of hydrogen-bond acceptors (Lipinski definition) is 4. The first-order chi connectivity index (χ1) is 18.3. The lowest BCUT2D eigenvalue weighted by molar-refractivity contribution is -0.140. The standard InChI is InChI=1S/C30H36ClN3O4S/c1-21(2)32-30(36)28(18-24-10-7-6-8-11-24)33(19-25-12-9-13-26(31)17-25)29(35)20-34(39(5,37)38)27-16-22(3)14-15-23(27)4/h6-17,21,28H,18-20H2,1-5H3,(H,32,36). The van der Waals surface area contributed by atoms with Crippen LogP contribution in [-0.4, -0.2) is 50.0 Å². The summed E-state index contributed by atoms with van der Waals surface area (Å²) in [6.45, 7) is 6.99. The van der Waals surface area contributed by atoms with E-state index < -0.39 is 28.5 Å². The lowest BCUT2D eigenvalue weighted by Crippen LogP contribution is -2.54. The molecule has 0 saturated heterocycles. The van der Waals surface area contributed by atoms with Crippen LogP contribution < -0.4 is 9.62 Å². The van der Waals surface area contributed by atoms with Gasteiger partial charge in [-0.25, -0.2) is 8.42 Å². The molecule has 2 amide bonds. The Balaban J connectivity index is 2.08. The number of carbonyl (C=O) groups excluding carboxylic acids is 2. The highest BCUT2D eigenvalue weighted by molar-refractivity contribution is 7.92. The third-order valence-electron chi connectivity index (χ3n) is 6.26. The number of anilines is 1. The van der Waals surface area contributed by atoms with Gasteiger partial charge in [0.25, 0.3) is 0 Å². The highest BCUT2D eigenvalue weighted by atomic mass is 35.5. The maximum absolute atomic E-state index is 14.1. The third-order valence-corrected chi connectivity index (χ3v) is 7.62. The molecule has 0 spiro atoms. The molecule has 0 fully saturated rings. The molecule has 1 N–H and O–H groups in total. The zero-order valence-corrected chi connectivity index (χ0v) is 24.6. The average Bonchev–Trinajstić information content (AvgIpc) is 2.85. The Morgan fingerprint density at radius 3 is 2.21 bits per heavy atom. The maximum atomic E-state index is 14.1. The highest BCUT2D eigenvalue weighted by Crippen LogP contribution is 2.25. The molecule has 0 bridgehead atoms. The summed E-state index contributed by atoms with van der Waals surface area (Å²) < 4.78 is 27.0. The summed E-state index contributed by atoms with van der Waals surface area (Å²) in [5.41, 5.74) is 3.62. The zero-order valence-electron chi connectivity index (χ0n) is 23.0. The van der Waals surface area contributed by atoms with Gasteiger partial charge in [0.1, 0.15) is 12.6 Å². The molecule has 0 heterocycles.